The maximum Gasteiger partial charge on any atom is 0.416 e. The Morgan fingerprint density at radius 2 is 1.69 bits per heavy atom. The molecule has 2 amide bonds. The summed E-state index contributed by atoms with van der Waals surface area (Å²) < 4.78 is 37.7. The van der Waals surface area contributed by atoms with Gasteiger partial charge < -0.3 is 16.0 Å². The molecule has 1 heterocycles. The third-order valence-corrected chi connectivity index (χ3v) is 4.53. The first-order chi connectivity index (χ1) is 13.3. The van der Waals surface area contributed by atoms with E-state index in [0.717, 1.165) is 49.2 Å². The van der Waals surface area contributed by atoms with E-state index in [2.05, 4.69) is 16.0 Å². The van der Waals surface area contributed by atoms with Crippen molar-refractivity contribution in [3.05, 3.63) is 65.2 Å². The van der Waals surface area contributed by atoms with Crippen molar-refractivity contribution >= 4 is 29.9 Å². The van der Waals surface area contributed by atoms with Gasteiger partial charge >= 0.3 is 6.18 Å². The number of benzene rings is 2. The van der Waals surface area contributed by atoms with Crippen molar-refractivity contribution in [2.75, 3.05) is 11.9 Å². The molecule has 3 rings (SSSR count). The Kier molecular flexibility index (Phi) is 7.64. The average Bonchev–Trinajstić information content (AvgIpc) is 3.21. The Morgan fingerprint density at radius 3 is 2.24 bits per heavy atom. The van der Waals surface area contributed by atoms with Gasteiger partial charge in [0.15, 0.2) is 0 Å². The number of carbonyl (C=O) groups is 2. The number of alkyl halides is 3. The molecular weight excluding hydrogens is 407 g/mol. The number of amides is 2. The van der Waals surface area contributed by atoms with Crippen LogP contribution in [-0.4, -0.2) is 24.4 Å². The van der Waals surface area contributed by atoms with Crippen molar-refractivity contribution in [3.8, 4) is 0 Å². The molecule has 9 heteroatoms. The van der Waals surface area contributed by atoms with Gasteiger partial charge in [0.25, 0.3) is 5.91 Å². The standard InChI is InChI=1S/C20H20F3N3O2.ClH/c21-20(22,23)15-7-5-14(6-8-15)18(27)25-12-13-3-9-16(10-4-13)26-19(28)17-2-1-11-24-17;/h3-10,17,24H,1-2,11-12H2,(H,25,27)(H,26,28);1H. The van der Waals surface area contributed by atoms with Gasteiger partial charge in [-0.15, -0.1) is 12.4 Å². The van der Waals surface area contributed by atoms with E-state index in [1.165, 1.54) is 0 Å². The van der Waals surface area contributed by atoms with Gasteiger partial charge in [0, 0.05) is 17.8 Å². The molecule has 3 N–H and O–H groups in total. The van der Waals surface area contributed by atoms with Crippen LogP contribution in [0.5, 0.6) is 0 Å². The van der Waals surface area contributed by atoms with Crippen LogP contribution in [0.2, 0.25) is 0 Å². The zero-order chi connectivity index (χ0) is 20.1. The Bertz CT molecular complexity index is 834. The van der Waals surface area contributed by atoms with Gasteiger partial charge in [0.1, 0.15) is 0 Å². The summed E-state index contributed by atoms with van der Waals surface area (Å²) in [6, 6.07) is 10.9. The molecule has 1 unspecified atom stereocenters. The highest BCUT2D eigenvalue weighted by atomic mass is 35.5. The van der Waals surface area contributed by atoms with Crippen molar-refractivity contribution in [1.29, 1.82) is 0 Å². The predicted octanol–water partition coefficient (Wildman–Crippen LogP) is 3.75. The molecule has 2 aromatic carbocycles. The number of anilines is 1. The Morgan fingerprint density at radius 1 is 1.03 bits per heavy atom. The normalized spacial score (nSPS) is 16.0. The van der Waals surface area contributed by atoms with Crippen LogP contribution in [0.4, 0.5) is 18.9 Å². The maximum atomic E-state index is 12.6. The minimum Gasteiger partial charge on any atom is -0.348 e. The molecule has 1 atom stereocenters. The number of nitrogens with one attached hydrogen (secondary N) is 3. The lowest BCUT2D eigenvalue weighted by atomic mass is 10.1. The van der Waals surface area contributed by atoms with Crippen molar-refractivity contribution in [1.82, 2.24) is 10.6 Å². The molecule has 0 spiro atoms. The average molecular weight is 428 g/mol. The highest BCUT2D eigenvalue weighted by Crippen LogP contribution is 2.29. The maximum absolute atomic E-state index is 12.6. The second kappa shape index (κ2) is 9.76. The SMILES string of the molecule is Cl.O=C(NCc1ccc(NC(=O)C2CCCN2)cc1)c1ccc(C(F)(F)F)cc1. The van der Waals surface area contributed by atoms with Crippen LogP contribution in [0.25, 0.3) is 0 Å². The molecule has 29 heavy (non-hydrogen) atoms. The van der Waals surface area contributed by atoms with Gasteiger partial charge in [-0.05, 0) is 61.3 Å². The van der Waals surface area contributed by atoms with Crippen LogP contribution in [0, 0.1) is 0 Å². The number of hydrogen-bond acceptors (Lipinski definition) is 3. The van der Waals surface area contributed by atoms with Crippen LogP contribution < -0.4 is 16.0 Å². The van der Waals surface area contributed by atoms with Gasteiger partial charge in [-0.25, -0.2) is 0 Å². The molecule has 1 fully saturated rings. The first-order valence-corrected chi connectivity index (χ1v) is 8.91. The summed E-state index contributed by atoms with van der Waals surface area (Å²) in [4.78, 5) is 24.1. The molecule has 0 saturated carbocycles. The van der Waals surface area contributed by atoms with E-state index in [9.17, 15) is 22.8 Å². The van der Waals surface area contributed by atoms with E-state index in [0.29, 0.717) is 5.69 Å². The quantitative estimate of drug-likeness (QED) is 0.680. The third kappa shape index (κ3) is 6.20. The highest BCUT2D eigenvalue weighted by molar-refractivity contribution is 5.95. The van der Waals surface area contributed by atoms with E-state index in [1.807, 2.05) is 0 Å². The first-order valence-electron chi connectivity index (χ1n) is 8.91. The zero-order valence-corrected chi connectivity index (χ0v) is 16.2. The molecule has 0 aliphatic carbocycles. The molecule has 1 saturated heterocycles. The predicted molar refractivity (Wildman–Crippen MR) is 106 cm³/mol. The summed E-state index contributed by atoms with van der Waals surface area (Å²) in [6.07, 6.45) is -2.63. The highest BCUT2D eigenvalue weighted by Gasteiger charge is 2.30. The number of carbonyl (C=O) groups excluding carboxylic acids is 2. The fraction of sp³-hybridized carbons (Fsp3) is 0.300. The number of halogens is 4. The molecule has 1 aliphatic heterocycles. The summed E-state index contributed by atoms with van der Waals surface area (Å²) in [5.74, 6) is -0.528. The van der Waals surface area contributed by atoms with Crippen molar-refractivity contribution < 1.29 is 22.8 Å². The molecule has 2 aromatic rings. The molecule has 0 bridgehead atoms. The summed E-state index contributed by atoms with van der Waals surface area (Å²) in [5.41, 5.74) is 0.823. The summed E-state index contributed by atoms with van der Waals surface area (Å²) >= 11 is 0. The summed E-state index contributed by atoms with van der Waals surface area (Å²) in [5, 5.41) is 8.63. The van der Waals surface area contributed by atoms with Gasteiger partial charge in [0.05, 0.1) is 11.6 Å². The Hall–Kier alpha value is -2.58. The van der Waals surface area contributed by atoms with Gasteiger partial charge in [-0.2, -0.15) is 13.2 Å². The Labute approximate surface area is 172 Å². The van der Waals surface area contributed by atoms with E-state index in [4.69, 9.17) is 0 Å². The largest absolute Gasteiger partial charge is 0.416 e. The smallest absolute Gasteiger partial charge is 0.348 e. The number of rotatable bonds is 5. The molecule has 156 valence electrons. The number of hydrogen-bond donors (Lipinski definition) is 3. The zero-order valence-electron chi connectivity index (χ0n) is 15.4. The van der Waals surface area contributed by atoms with E-state index >= 15 is 0 Å². The van der Waals surface area contributed by atoms with Gasteiger partial charge in [-0.1, -0.05) is 12.1 Å². The lowest BCUT2D eigenvalue weighted by Gasteiger charge is -2.12. The molecule has 0 aromatic heterocycles. The van der Waals surface area contributed by atoms with Crippen LogP contribution in [0.15, 0.2) is 48.5 Å². The molecule has 5 nitrogen and oxygen atoms in total. The molecule has 0 radical (unpaired) electrons. The second-order valence-corrected chi connectivity index (χ2v) is 6.59. The lowest BCUT2D eigenvalue weighted by molar-refractivity contribution is -0.137. The monoisotopic (exact) mass is 427 g/mol. The fourth-order valence-electron chi connectivity index (χ4n) is 2.94. The van der Waals surface area contributed by atoms with Gasteiger partial charge in [0.2, 0.25) is 5.91 Å². The van der Waals surface area contributed by atoms with Crippen molar-refractivity contribution in [3.63, 3.8) is 0 Å². The van der Waals surface area contributed by atoms with Crippen molar-refractivity contribution in [2.45, 2.75) is 31.6 Å². The summed E-state index contributed by atoms with van der Waals surface area (Å²) in [7, 11) is 0. The van der Waals surface area contributed by atoms with Gasteiger partial charge in [-0.3, -0.25) is 9.59 Å². The summed E-state index contributed by atoms with van der Waals surface area (Å²) in [6.45, 7) is 1.06. The lowest BCUT2D eigenvalue weighted by Crippen LogP contribution is -2.35. The Balaban J connectivity index is 0.00000300. The van der Waals surface area contributed by atoms with E-state index in [1.54, 1.807) is 24.3 Å². The van der Waals surface area contributed by atoms with Crippen LogP contribution in [0.1, 0.15) is 34.3 Å². The van der Waals surface area contributed by atoms with Crippen molar-refractivity contribution in [2.24, 2.45) is 0 Å². The van der Waals surface area contributed by atoms with Crippen LogP contribution in [0.3, 0.4) is 0 Å². The van der Waals surface area contributed by atoms with E-state index < -0.39 is 17.6 Å². The third-order valence-electron chi connectivity index (χ3n) is 4.53. The topological polar surface area (TPSA) is 70.2 Å². The van der Waals surface area contributed by atoms with E-state index in [-0.39, 0.29) is 36.5 Å². The minimum absolute atomic E-state index is 0. The van der Waals surface area contributed by atoms with Crippen LogP contribution in [-0.2, 0) is 17.5 Å². The van der Waals surface area contributed by atoms with Crippen LogP contribution >= 0.6 is 12.4 Å². The molecule has 1 aliphatic rings. The molecular formula is C20H21ClF3N3O2. The second-order valence-electron chi connectivity index (χ2n) is 6.59. The minimum atomic E-state index is -4.43. The fourth-order valence-corrected chi connectivity index (χ4v) is 2.94. The first kappa shape index (κ1) is 22.7.